The first-order valence-electron chi connectivity index (χ1n) is 16.1. The highest BCUT2D eigenvalue weighted by Gasteiger charge is 2.36. The molecule has 0 spiro atoms. The van der Waals surface area contributed by atoms with Gasteiger partial charge in [-0.1, -0.05) is 108 Å². The van der Waals surface area contributed by atoms with Crippen LogP contribution in [-0.2, 0) is 32.6 Å². The normalized spacial score (nSPS) is 14.0. The predicted octanol–water partition coefficient (Wildman–Crippen LogP) is 7.16. The third kappa shape index (κ3) is 8.42. The van der Waals surface area contributed by atoms with Crippen LogP contribution in [0.5, 0.6) is 0 Å². The van der Waals surface area contributed by atoms with E-state index in [0.29, 0.717) is 16.3 Å². The lowest BCUT2D eigenvalue weighted by Gasteiger charge is -2.34. The SMILES string of the molecule is Cc1ccc(CN(C(=O)CN(c2cccc(Cl)c2C)S(=O)(=O)c2ccc(C)cc2)[C@@H](Cc2ccccc2)C(=O)NC2CCCC2)cc1. The van der Waals surface area contributed by atoms with Crippen molar-refractivity contribution in [3.05, 3.63) is 130 Å². The minimum atomic E-state index is -4.21. The van der Waals surface area contributed by atoms with E-state index in [4.69, 9.17) is 11.6 Å². The number of hydrogen-bond donors (Lipinski definition) is 1. The molecule has 1 saturated carbocycles. The molecule has 7 nitrogen and oxygen atoms in total. The number of halogens is 1. The molecule has 1 fully saturated rings. The van der Waals surface area contributed by atoms with Crippen LogP contribution in [0.25, 0.3) is 0 Å². The molecule has 1 atom stereocenters. The van der Waals surface area contributed by atoms with E-state index in [-0.39, 0.29) is 29.8 Å². The van der Waals surface area contributed by atoms with Gasteiger partial charge in [-0.15, -0.1) is 0 Å². The maximum Gasteiger partial charge on any atom is 0.264 e. The molecular weight excluding hydrogens is 630 g/mol. The van der Waals surface area contributed by atoms with Gasteiger partial charge in [0.1, 0.15) is 12.6 Å². The number of amides is 2. The third-order valence-corrected chi connectivity index (χ3v) is 11.0. The molecule has 0 heterocycles. The Morgan fingerprint density at radius 3 is 2.06 bits per heavy atom. The Kier molecular flexibility index (Phi) is 11.0. The molecule has 2 amide bonds. The van der Waals surface area contributed by atoms with Crippen molar-refractivity contribution in [1.82, 2.24) is 10.2 Å². The van der Waals surface area contributed by atoms with Crippen LogP contribution in [0.15, 0.2) is 102 Å². The number of aryl methyl sites for hydroxylation is 2. The lowest BCUT2D eigenvalue weighted by atomic mass is 10.0. The number of rotatable bonds is 12. The summed E-state index contributed by atoms with van der Waals surface area (Å²) in [5.74, 6) is -0.740. The molecule has 246 valence electrons. The molecule has 5 rings (SSSR count). The second kappa shape index (κ2) is 15.2. The Hall–Kier alpha value is -4.14. The Morgan fingerprint density at radius 2 is 1.43 bits per heavy atom. The number of benzene rings is 4. The van der Waals surface area contributed by atoms with Gasteiger partial charge in [-0.3, -0.25) is 13.9 Å². The quantitative estimate of drug-likeness (QED) is 0.173. The fraction of sp³-hybridized carbons (Fsp3) is 0.316. The summed E-state index contributed by atoms with van der Waals surface area (Å²) >= 11 is 6.49. The molecular formula is C38H42ClN3O4S. The van der Waals surface area contributed by atoms with Gasteiger partial charge in [0.15, 0.2) is 0 Å². The number of anilines is 1. The topological polar surface area (TPSA) is 86.8 Å². The van der Waals surface area contributed by atoms with Gasteiger partial charge in [0.2, 0.25) is 11.8 Å². The maximum atomic E-state index is 14.7. The molecule has 1 aliphatic carbocycles. The first-order valence-corrected chi connectivity index (χ1v) is 17.9. The van der Waals surface area contributed by atoms with Crippen molar-refractivity contribution in [3.8, 4) is 0 Å². The maximum absolute atomic E-state index is 14.7. The van der Waals surface area contributed by atoms with Crippen molar-refractivity contribution >= 4 is 39.1 Å². The third-order valence-electron chi connectivity index (χ3n) is 8.84. The van der Waals surface area contributed by atoms with Gasteiger partial charge in [0.05, 0.1) is 10.6 Å². The number of carbonyl (C=O) groups excluding carboxylic acids is 2. The molecule has 0 aliphatic heterocycles. The van der Waals surface area contributed by atoms with E-state index in [0.717, 1.165) is 52.2 Å². The van der Waals surface area contributed by atoms with Crippen molar-refractivity contribution in [2.24, 2.45) is 0 Å². The summed E-state index contributed by atoms with van der Waals surface area (Å²) in [6.45, 7) is 5.20. The molecule has 9 heteroatoms. The van der Waals surface area contributed by atoms with Crippen LogP contribution in [-0.4, -0.2) is 43.8 Å². The number of sulfonamides is 1. The summed E-state index contributed by atoms with van der Waals surface area (Å²) in [4.78, 5) is 30.4. The highest BCUT2D eigenvalue weighted by molar-refractivity contribution is 7.92. The monoisotopic (exact) mass is 671 g/mol. The number of nitrogens with zero attached hydrogens (tertiary/aromatic N) is 2. The minimum absolute atomic E-state index is 0.0459. The molecule has 4 aromatic rings. The zero-order chi connectivity index (χ0) is 33.6. The van der Waals surface area contributed by atoms with Crippen molar-refractivity contribution in [1.29, 1.82) is 0 Å². The zero-order valence-corrected chi connectivity index (χ0v) is 28.7. The summed E-state index contributed by atoms with van der Waals surface area (Å²) in [5, 5.41) is 3.59. The van der Waals surface area contributed by atoms with Crippen LogP contribution >= 0.6 is 11.6 Å². The standard InChI is InChI=1S/C38H42ClN3O4S/c1-27-16-20-31(21-17-27)25-41(36(24-30-10-5-4-6-11-30)38(44)40-32-12-7-8-13-32)37(43)26-42(35-15-9-14-34(39)29(35)3)47(45,46)33-22-18-28(2)19-23-33/h4-6,9-11,14-23,32,36H,7-8,12-13,24-26H2,1-3H3,(H,40,44)/t36-/m0/s1. The van der Waals surface area contributed by atoms with Crippen LogP contribution in [0.3, 0.4) is 0 Å². The Morgan fingerprint density at radius 1 is 0.809 bits per heavy atom. The first-order chi connectivity index (χ1) is 22.5. The van der Waals surface area contributed by atoms with Gasteiger partial charge in [-0.05, 0) is 74.6 Å². The predicted molar refractivity (Wildman–Crippen MR) is 188 cm³/mol. The van der Waals surface area contributed by atoms with E-state index in [1.807, 2.05) is 68.4 Å². The Bertz CT molecular complexity index is 1790. The number of hydrogen-bond acceptors (Lipinski definition) is 4. The highest BCUT2D eigenvalue weighted by atomic mass is 35.5. The summed E-state index contributed by atoms with van der Waals surface area (Å²) in [5.41, 5.74) is 4.54. The van der Waals surface area contributed by atoms with Crippen LogP contribution < -0.4 is 9.62 Å². The van der Waals surface area contributed by atoms with Gasteiger partial charge >= 0.3 is 0 Å². The van der Waals surface area contributed by atoms with Gasteiger partial charge in [-0.25, -0.2) is 8.42 Å². The minimum Gasteiger partial charge on any atom is -0.352 e. The molecule has 1 aliphatic rings. The molecule has 4 aromatic carbocycles. The molecule has 0 aromatic heterocycles. The average Bonchev–Trinajstić information content (AvgIpc) is 3.57. The van der Waals surface area contributed by atoms with Gasteiger partial charge in [0, 0.05) is 24.0 Å². The van der Waals surface area contributed by atoms with Crippen molar-refractivity contribution in [3.63, 3.8) is 0 Å². The van der Waals surface area contributed by atoms with E-state index in [9.17, 15) is 18.0 Å². The van der Waals surface area contributed by atoms with E-state index in [2.05, 4.69) is 5.32 Å². The first kappa shape index (κ1) is 34.2. The summed E-state index contributed by atoms with van der Waals surface area (Å²) in [6.07, 6.45) is 4.16. The van der Waals surface area contributed by atoms with Crippen LogP contribution in [0, 0.1) is 20.8 Å². The summed E-state index contributed by atoms with van der Waals surface area (Å²) in [6, 6.07) is 28.1. The van der Waals surface area contributed by atoms with E-state index in [1.165, 1.54) is 0 Å². The molecule has 1 N–H and O–H groups in total. The average molecular weight is 672 g/mol. The summed E-state index contributed by atoms with van der Waals surface area (Å²) in [7, 11) is -4.21. The van der Waals surface area contributed by atoms with E-state index < -0.39 is 28.5 Å². The number of carbonyl (C=O) groups is 2. The fourth-order valence-corrected chi connectivity index (χ4v) is 7.67. The Balaban J connectivity index is 1.58. The smallest absolute Gasteiger partial charge is 0.264 e. The Labute approximate surface area is 283 Å². The zero-order valence-electron chi connectivity index (χ0n) is 27.2. The van der Waals surface area contributed by atoms with E-state index >= 15 is 0 Å². The largest absolute Gasteiger partial charge is 0.352 e. The van der Waals surface area contributed by atoms with Gasteiger partial charge < -0.3 is 10.2 Å². The van der Waals surface area contributed by atoms with Crippen molar-refractivity contribution in [2.45, 2.75) is 76.4 Å². The van der Waals surface area contributed by atoms with Crippen LogP contribution in [0.1, 0.15) is 53.5 Å². The van der Waals surface area contributed by atoms with Crippen molar-refractivity contribution in [2.75, 3.05) is 10.8 Å². The summed E-state index contributed by atoms with van der Waals surface area (Å²) < 4.78 is 29.8. The molecule has 0 bridgehead atoms. The molecule has 0 radical (unpaired) electrons. The van der Waals surface area contributed by atoms with Crippen LogP contribution in [0.4, 0.5) is 5.69 Å². The molecule has 0 saturated heterocycles. The van der Waals surface area contributed by atoms with Crippen LogP contribution in [0.2, 0.25) is 5.02 Å². The van der Waals surface area contributed by atoms with Crippen molar-refractivity contribution < 1.29 is 18.0 Å². The van der Waals surface area contributed by atoms with Gasteiger partial charge in [-0.2, -0.15) is 0 Å². The lowest BCUT2D eigenvalue weighted by molar-refractivity contribution is -0.140. The lowest BCUT2D eigenvalue weighted by Crippen LogP contribution is -2.54. The fourth-order valence-electron chi connectivity index (χ4n) is 6.03. The second-order valence-electron chi connectivity index (χ2n) is 12.4. The van der Waals surface area contributed by atoms with Gasteiger partial charge in [0.25, 0.3) is 10.0 Å². The highest BCUT2D eigenvalue weighted by Crippen LogP contribution is 2.31. The van der Waals surface area contributed by atoms with E-state index in [1.54, 1.807) is 54.3 Å². The second-order valence-corrected chi connectivity index (χ2v) is 14.7. The molecule has 47 heavy (non-hydrogen) atoms. The molecule has 0 unspecified atom stereocenters. The number of nitrogens with one attached hydrogen (secondary N) is 1.